The molecule has 0 aliphatic heterocycles. The molecule has 6 nitrogen and oxygen atoms in total. The number of hydrogen-bond donors (Lipinski definition) is 0. The van der Waals surface area contributed by atoms with Crippen LogP contribution in [0.4, 0.5) is 0 Å². The second-order valence-electron chi connectivity index (χ2n) is 0. The summed E-state index contributed by atoms with van der Waals surface area (Å²) in [6.07, 6.45) is 0. The van der Waals surface area contributed by atoms with E-state index in [1.807, 2.05) is 0 Å². The summed E-state index contributed by atoms with van der Waals surface area (Å²) in [6, 6.07) is 0. The van der Waals surface area contributed by atoms with E-state index >= 15 is 0 Å². The fourth-order valence-corrected chi connectivity index (χ4v) is 0. The third-order valence-corrected chi connectivity index (χ3v) is 0. The van der Waals surface area contributed by atoms with Gasteiger partial charge < -0.3 is 32.9 Å². The molecule has 0 spiro atoms. The van der Waals surface area contributed by atoms with Crippen LogP contribution in [0.5, 0.6) is 0 Å². The van der Waals surface area contributed by atoms with Gasteiger partial charge in [0.2, 0.25) is 0 Å². The molecule has 0 amide bonds. The number of rotatable bonds is 0. The van der Waals surface area contributed by atoms with Crippen LogP contribution in [0.2, 0.25) is 0 Å². The normalized spacial score (nSPS) is 0. The average molecular weight is 308 g/mol. The largest absolute Gasteiger partial charge is 2.00 e. The Morgan fingerprint density at radius 1 is 0.333 bits per heavy atom. The minimum absolute atomic E-state index is 0. The van der Waals surface area contributed by atoms with Crippen LogP contribution in [-0.2, 0) is 0 Å². The Balaban J connectivity index is 0. The predicted molar refractivity (Wildman–Crippen MR) is 34.6 cm³/mol. The monoisotopic (exact) mass is 308 g/mol. The van der Waals surface area contributed by atoms with Crippen LogP contribution in [0.15, 0.2) is 0 Å². The van der Waals surface area contributed by atoms with E-state index in [2.05, 4.69) is 0 Å². The molecule has 0 atom stereocenters. The molecule has 0 fully saturated rings. The number of hydrogen-bond acceptors (Lipinski definition) is 6. The van der Waals surface area contributed by atoms with Gasteiger partial charge in [-0.25, -0.2) is 0 Å². The average Bonchev–Trinajstić information content (AvgIpc) is 0. The van der Waals surface area contributed by atoms with E-state index in [0.29, 0.717) is 0 Å². The second kappa shape index (κ2) is 181. The molecule has 12 heteroatoms. The van der Waals surface area contributed by atoms with Crippen molar-refractivity contribution in [3.8, 4) is 0 Å². The zero-order valence-electron chi connectivity index (χ0n) is 7.30. The Morgan fingerprint density at radius 3 is 0.333 bits per heavy atom. The summed E-state index contributed by atoms with van der Waals surface area (Å²) in [5.41, 5.74) is 0. The van der Waals surface area contributed by atoms with Gasteiger partial charge >= 0.3 is 107 Å². The molecule has 0 aromatic carbocycles. The van der Waals surface area contributed by atoms with Gasteiger partial charge in [-0.05, 0) is 0 Å². The molecular formula is H6Li2Mg3O6Sn+2. The molecule has 0 saturated carbocycles. The van der Waals surface area contributed by atoms with Crippen LogP contribution in [0.1, 0.15) is 0 Å². The van der Waals surface area contributed by atoms with Crippen molar-refractivity contribution in [1.29, 1.82) is 0 Å². The minimum Gasteiger partial charge on any atom is -0.870 e. The summed E-state index contributed by atoms with van der Waals surface area (Å²) in [4.78, 5) is 0. The van der Waals surface area contributed by atoms with Gasteiger partial charge in [0, 0.05) is 23.9 Å². The van der Waals surface area contributed by atoms with Crippen molar-refractivity contribution in [3.63, 3.8) is 0 Å². The van der Waals surface area contributed by atoms with Gasteiger partial charge in [0.05, 0.1) is 0 Å². The summed E-state index contributed by atoms with van der Waals surface area (Å²) in [5, 5.41) is 0. The summed E-state index contributed by atoms with van der Waals surface area (Å²) >= 11 is 0. The van der Waals surface area contributed by atoms with Crippen molar-refractivity contribution in [2.45, 2.75) is 0 Å². The fourth-order valence-electron chi connectivity index (χ4n) is 0. The molecule has 0 aromatic rings. The first-order chi connectivity index (χ1) is 0. The standard InChI is InChI=1S/2Li.3Mg.6H2O.Sn/h;;;;;6*1H2;/q2*+1;3*+2;;;;;;;/p-6. The summed E-state index contributed by atoms with van der Waals surface area (Å²) in [5.74, 6) is 0. The second-order valence-corrected chi connectivity index (χ2v) is 0. The first kappa shape index (κ1) is 221. The quantitative estimate of drug-likeness (QED) is 0.400. The minimum atomic E-state index is 0. The maximum atomic E-state index is 0. The molecule has 52 valence electrons. The summed E-state index contributed by atoms with van der Waals surface area (Å²) < 4.78 is 0. The topological polar surface area (TPSA) is 180 Å². The van der Waals surface area contributed by atoms with Crippen LogP contribution in [0, 0.1) is 0 Å². The fraction of sp³-hybridized carbons (Fsp3) is 0. The molecule has 0 aromatic heterocycles. The van der Waals surface area contributed by atoms with Crippen molar-refractivity contribution in [3.05, 3.63) is 0 Å². The molecule has 0 aliphatic rings. The predicted octanol–water partition coefficient (Wildman–Crippen LogP) is -8.58. The maximum absolute atomic E-state index is 0. The van der Waals surface area contributed by atoms with Crippen molar-refractivity contribution in [1.82, 2.24) is 0 Å². The smallest absolute Gasteiger partial charge is 0.870 e. The third kappa shape index (κ3) is 146. The third-order valence-electron chi connectivity index (χ3n) is 0. The van der Waals surface area contributed by atoms with Crippen LogP contribution in [0.25, 0.3) is 0 Å². The maximum Gasteiger partial charge on any atom is 2.00 e. The molecule has 0 heterocycles. The zero-order chi connectivity index (χ0) is 0. The van der Waals surface area contributed by atoms with Crippen LogP contribution in [0.3, 0.4) is 0 Å². The van der Waals surface area contributed by atoms with Gasteiger partial charge in [-0.2, -0.15) is 0 Å². The van der Waals surface area contributed by atoms with E-state index < -0.39 is 0 Å². The Labute approximate surface area is 161 Å². The van der Waals surface area contributed by atoms with Gasteiger partial charge in [0.25, 0.3) is 0 Å². The van der Waals surface area contributed by atoms with E-state index in [1.165, 1.54) is 0 Å². The molecule has 0 aliphatic carbocycles. The molecular weight excluding hydrogens is 302 g/mol. The van der Waals surface area contributed by atoms with Gasteiger partial charge in [-0.1, -0.05) is 0 Å². The van der Waals surface area contributed by atoms with Crippen LogP contribution < -0.4 is 37.7 Å². The Morgan fingerprint density at radius 2 is 0.333 bits per heavy atom. The van der Waals surface area contributed by atoms with Gasteiger partial charge in [0.1, 0.15) is 0 Å². The van der Waals surface area contributed by atoms with Crippen molar-refractivity contribution in [2.24, 2.45) is 0 Å². The van der Waals surface area contributed by atoms with E-state index in [-0.39, 0.29) is 164 Å². The molecule has 4 radical (unpaired) electrons. The Hall–Kier alpha value is 4.05. The van der Waals surface area contributed by atoms with Crippen LogP contribution in [-0.4, -0.2) is 126 Å². The van der Waals surface area contributed by atoms with Gasteiger partial charge in [0.15, 0.2) is 0 Å². The molecule has 0 saturated heterocycles. The van der Waals surface area contributed by atoms with Gasteiger partial charge in [-0.3, -0.25) is 0 Å². The molecule has 0 bridgehead atoms. The molecule has 0 rings (SSSR count). The summed E-state index contributed by atoms with van der Waals surface area (Å²) in [6.45, 7) is 0. The molecule has 0 unspecified atom stereocenters. The Bertz CT molecular complexity index is 20.8. The van der Waals surface area contributed by atoms with E-state index in [4.69, 9.17) is 0 Å². The van der Waals surface area contributed by atoms with E-state index in [1.54, 1.807) is 0 Å². The Kier molecular flexibility index (Phi) is 3340. The SMILES string of the molecule is [Li+].[Li+].[Mg+2].[Mg+2].[Mg+2].[OH-].[OH-].[OH-].[OH-].[OH-].[OH-].[Sn]. The van der Waals surface area contributed by atoms with Crippen LogP contribution >= 0.6 is 0 Å². The summed E-state index contributed by atoms with van der Waals surface area (Å²) in [7, 11) is 0. The van der Waals surface area contributed by atoms with Crippen molar-refractivity contribution >= 4 is 93.1 Å². The molecule has 12 heavy (non-hydrogen) atoms. The van der Waals surface area contributed by atoms with Crippen molar-refractivity contribution < 1.29 is 70.6 Å². The first-order valence-electron chi connectivity index (χ1n) is 0. The van der Waals surface area contributed by atoms with Crippen molar-refractivity contribution in [2.75, 3.05) is 0 Å². The zero-order valence-corrected chi connectivity index (χ0v) is 14.4. The van der Waals surface area contributed by atoms with E-state index in [9.17, 15) is 0 Å². The first-order valence-corrected chi connectivity index (χ1v) is 0. The molecule has 6 N–H and O–H groups in total. The van der Waals surface area contributed by atoms with E-state index in [0.717, 1.165) is 0 Å². The van der Waals surface area contributed by atoms with Gasteiger partial charge in [-0.15, -0.1) is 0 Å².